The zero-order chi connectivity index (χ0) is 20.3. The highest BCUT2D eigenvalue weighted by Crippen LogP contribution is 2.28. The number of carbonyl (C=O) groups excluding carboxylic acids is 1. The number of halogens is 1. The number of nitro groups is 1. The molecular formula is C20H10ClN2O5-. The van der Waals surface area contributed by atoms with Crippen LogP contribution in [-0.4, -0.2) is 10.9 Å². The lowest BCUT2D eigenvalue weighted by atomic mass is 10.1. The number of rotatable bonds is 5. The topological polar surface area (TPSA) is 120 Å². The Morgan fingerprint density at radius 3 is 2.46 bits per heavy atom. The molecule has 138 valence electrons. The van der Waals surface area contributed by atoms with Crippen LogP contribution in [0.25, 0.3) is 23.0 Å². The number of nitrogens with zero attached hydrogens (tertiary/aromatic N) is 2. The summed E-state index contributed by atoms with van der Waals surface area (Å²) in [4.78, 5) is 21.3. The fourth-order valence-electron chi connectivity index (χ4n) is 2.51. The van der Waals surface area contributed by atoms with Crippen molar-refractivity contribution in [3.05, 3.63) is 86.6 Å². The molecule has 0 unspecified atom stereocenters. The first-order valence-corrected chi connectivity index (χ1v) is 8.24. The molecule has 7 nitrogen and oxygen atoms in total. The molecule has 2 aromatic carbocycles. The lowest BCUT2D eigenvalue weighted by Crippen LogP contribution is -2.22. The SMILES string of the molecule is N#C/C(=C\c1ccc(-c2ccc(Cl)c(C(=O)[O-])c2)o1)c1ccc([N+](=O)[O-])cc1. The minimum absolute atomic E-state index is 0.0559. The van der Waals surface area contributed by atoms with Gasteiger partial charge in [-0.25, -0.2) is 0 Å². The average molecular weight is 394 g/mol. The van der Waals surface area contributed by atoms with Crippen molar-refractivity contribution in [2.75, 3.05) is 0 Å². The summed E-state index contributed by atoms with van der Waals surface area (Å²) in [6.07, 6.45) is 1.49. The Balaban J connectivity index is 1.92. The third kappa shape index (κ3) is 3.92. The van der Waals surface area contributed by atoms with Gasteiger partial charge >= 0.3 is 0 Å². The Morgan fingerprint density at radius 1 is 1.14 bits per heavy atom. The van der Waals surface area contributed by atoms with Crippen molar-refractivity contribution in [1.29, 1.82) is 5.26 Å². The van der Waals surface area contributed by atoms with E-state index >= 15 is 0 Å². The molecule has 0 aliphatic carbocycles. The van der Waals surface area contributed by atoms with E-state index in [4.69, 9.17) is 16.0 Å². The highest BCUT2D eigenvalue weighted by atomic mass is 35.5. The molecule has 28 heavy (non-hydrogen) atoms. The molecule has 0 amide bonds. The van der Waals surface area contributed by atoms with Crippen molar-refractivity contribution in [1.82, 2.24) is 0 Å². The lowest BCUT2D eigenvalue weighted by molar-refractivity contribution is -0.384. The molecule has 3 aromatic rings. The molecule has 0 saturated heterocycles. The highest BCUT2D eigenvalue weighted by Gasteiger charge is 2.10. The predicted octanol–water partition coefficient (Wildman–Crippen LogP) is 3.94. The standard InChI is InChI=1S/C20H11ClN2O5/c21-18-7-3-13(10-17(18)20(24)25)19-8-6-16(28-19)9-14(11-22)12-1-4-15(5-2-12)23(26)27/h1-10H,(H,24,25)/p-1/b14-9+. The third-order valence-electron chi connectivity index (χ3n) is 3.89. The van der Waals surface area contributed by atoms with Crippen molar-refractivity contribution in [2.24, 2.45) is 0 Å². The second-order valence-electron chi connectivity index (χ2n) is 5.66. The van der Waals surface area contributed by atoms with E-state index in [0.717, 1.165) is 0 Å². The van der Waals surface area contributed by atoms with Gasteiger partial charge in [-0.3, -0.25) is 10.1 Å². The highest BCUT2D eigenvalue weighted by molar-refractivity contribution is 6.33. The molecule has 8 heteroatoms. The van der Waals surface area contributed by atoms with Crippen LogP contribution in [0.3, 0.4) is 0 Å². The van der Waals surface area contributed by atoms with Crippen LogP contribution in [-0.2, 0) is 0 Å². The Labute approximate surface area is 163 Å². The number of carboxylic acid groups (broad SMARTS) is 1. The number of hydrogen-bond acceptors (Lipinski definition) is 6. The minimum atomic E-state index is -1.40. The Kier molecular flexibility index (Phi) is 5.25. The van der Waals surface area contributed by atoms with Crippen LogP contribution in [0.2, 0.25) is 5.02 Å². The number of allylic oxidation sites excluding steroid dienone is 1. The van der Waals surface area contributed by atoms with Crippen molar-refractivity contribution in [3.8, 4) is 17.4 Å². The van der Waals surface area contributed by atoms with E-state index < -0.39 is 10.9 Å². The molecule has 0 bridgehead atoms. The van der Waals surface area contributed by atoms with Gasteiger partial charge in [-0.2, -0.15) is 5.26 Å². The van der Waals surface area contributed by atoms with E-state index in [1.54, 1.807) is 18.2 Å². The zero-order valence-electron chi connectivity index (χ0n) is 14.1. The maximum absolute atomic E-state index is 11.1. The van der Waals surface area contributed by atoms with Crippen molar-refractivity contribution >= 4 is 34.9 Å². The zero-order valence-corrected chi connectivity index (χ0v) is 14.8. The maximum Gasteiger partial charge on any atom is 0.269 e. The number of carbonyl (C=O) groups is 1. The van der Waals surface area contributed by atoms with Gasteiger partial charge in [-0.15, -0.1) is 0 Å². The molecule has 0 aliphatic rings. The monoisotopic (exact) mass is 393 g/mol. The van der Waals surface area contributed by atoms with Crippen LogP contribution in [0.15, 0.2) is 59.0 Å². The van der Waals surface area contributed by atoms with Gasteiger partial charge in [0.05, 0.1) is 22.5 Å². The van der Waals surface area contributed by atoms with E-state index in [9.17, 15) is 25.3 Å². The third-order valence-corrected chi connectivity index (χ3v) is 4.22. The van der Waals surface area contributed by atoms with Gasteiger partial charge in [-0.1, -0.05) is 11.6 Å². The second-order valence-corrected chi connectivity index (χ2v) is 6.07. The van der Waals surface area contributed by atoms with Gasteiger partial charge in [0, 0.05) is 28.3 Å². The van der Waals surface area contributed by atoms with Gasteiger partial charge < -0.3 is 14.3 Å². The van der Waals surface area contributed by atoms with E-state index in [1.165, 1.54) is 42.5 Å². The Hall–Kier alpha value is -3.89. The van der Waals surface area contributed by atoms with Crippen molar-refractivity contribution < 1.29 is 19.2 Å². The van der Waals surface area contributed by atoms with Gasteiger partial charge in [0.2, 0.25) is 0 Å². The smallest absolute Gasteiger partial charge is 0.269 e. The first kappa shape index (κ1) is 18.9. The summed E-state index contributed by atoms with van der Waals surface area (Å²) in [5.41, 5.74) is 1.00. The number of aromatic carboxylic acids is 1. The van der Waals surface area contributed by atoms with Gasteiger partial charge in [-0.05, 0) is 54.1 Å². The van der Waals surface area contributed by atoms with Gasteiger partial charge in [0.15, 0.2) is 0 Å². The van der Waals surface area contributed by atoms with Gasteiger partial charge in [0.1, 0.15) is 11.5 Å². The van der Waals surface area contributed by atoms with Crippen LogP contribution in [0.5, 0.6) is 0 Å². The molecule has 3 rings (SSSR count). The number of benzene rings is 2. The molecule has 0 fully saturated rings. The fraction of sp³-hybridized carbons (Fsp3) is 0. The normalized spacial score (nSPS) is 11.1. The minimum Gasteiger partial charge on any atom is -0.545 e. The Morgan fingerprint density at radius 2 is 1.86 bits per heavy atom. The number of nitro benzene ring substituents is 1. The molecular weight excluding hydrogens is 384 g/mol. The van der Waals surface area contributed by atoms with E-state index in [-0.39, 0.29) is 21.8 Å². The van der Waals surface area contributed by atoms with Crippen LogP contribution in [0.4, 0.5) is 5.69 Å². The van der Waals surface area contributed by atoms with Crippen LogP contribution < -0.4 is 5.11 Å². The molecule has 0 aliphatic heterocycles. The lowest BCUT2D eigenvalue weighted by Gasteiger charge is -2.06. The van der Waals surface area contributed by atoms with Crippen LogP contribution in [0, 0.1) is 21.4 Å². The molecule has 0 spiro atoms. The summed E-state index contributed by atoms with van der Waals surface area (Å²) < 4.78 is 5.67. The largest absolute Gasteiger partial charge is 0.545 e. The Bertz CT molecular complexity index is 1140. The summed E-state index contributed by atoms with van der Waals surface area (Å²) >= 11 is 5.83. The molecule has 1 heterocycles. The summed E-state index contributed by atoms with van der Waals surface area (Å²) in [7, 11) is 0. The number of nitriles is 1. The van der Waals surface area contributed by atoms with Crippen molar-refractivity contribution in [2.45, 2.75) is 0 Å². The van der Waals surface area contributed by atoms with Crippen LogP contribution >= 0.6 is 11.6 Å². The summed E-state index contributed by atoms with van der Waals surface area (Å²) in [6, 6.07) is 15.2. The first-order chi connectivity index (χ1) is 13.4. The fourth-order valence-corrected chi connectivity index (χ4v) is 2.70. The molecule has 0 radical (unpaired) electrons. The number of hydrogen-bond donors (Lipinski definition) is 0. The van der Waals surface area contributed by atoms with Gasteiger partial charge in [0.25, 0.3) is 5.69 Å². The molecule has 0 atom stereocenters. The summed E-state index contributed by atoms with van der Waals surface area (Å²) in [5, 5.41) is 31.3. The van der Waals surface area contributed by atoms with E-state index in [0.29, 0.717) is 22.6 Å². The second kappa shape index (κ2) is 7.78. The van der Waals surface area contributed by atoms with Crippen molar-refractivity contribution in [3.63, 3.8) is 0 Å². The first-order valence-electron chi connectivity index (χ1n) is 7.87. The molecule has 0 saturated carbocycles. The number of carboxylic acids is 1. The average Bonchev–Trinajstić information content (AvgIpc) is 3.15. The van der Waals surface area contributed by atoms with E-state index in [2.05, 4.69) is 0 Å². The van der Waals surface area contributed by atoms with Crippen LogP contribution in [0.1, 0.15) is 21.7 Å². The summed E-state index contributed by atoms with van der Waals surface area (Å²) in [6.45, 7) is 0. The quantitative estimate of drug-likeness (QED) is 0.368. The summed E-state index contributed by atoms with van der Waals surface area (Å²) in [5.74, 6) is -0.662. The maximum atomic E-state index is 11.1. The van der Waals surface area contributed by atoms with E-state index in [1.807, 2.05) is 6.07 Å². The number of furan rings is 1. The number of non-ortho nitro benzene ring substituents is 1. The molecule has 1 aromatic heterocycles. The molecule has 0 N–H and O–H groups in total. The predicted molar refractivity (Wildman–Crippen MR) is 100 cm³/mol.